The number of carbonyl (C=O) groups excluding carboxylic acids is 1. The summed E-state index contributed by atoms with van der Waals surface area (Å²) in [6, 6.07) is 6.11. The molecular formula is C12H10FNOS. The van der Waals surface area contributed by atoms with Crippen LogP contribution in [0.25, 0.3) is 0 Å². The average molecular weight is 235 g/mol. The minimum absolute atomic E-state index is 0.00870. The average Bonchev–Trinajstić information content (AvgIpc) is 2.64. The molecule has 0 saturated heterocycles. The molecule has 2 aromatic rings. The van der Waals surface area contributed by atoms with Crippen molar-refractivity contribution in [3.05, 3.63) is 51.7 Å². The molecule has 0 radical (unpaired) electrons. The quantitative estimate of drug-likeness (QED) is 0.765. The highest BCUT2D eigenvalue weighted by atomic mass is 32.1. The van der Waals surface area contributed by atoms with Crippen LogP contribution in [0.3, 0.4) is 0 Å². The van der Waals surface area contributed by atoms with E-state index < -0.39 is 0 Å². The maximum atomic E-state index is 12.9. The number of thiazole rings is 1. The van der Waals surface area contributed by atoms with Crippen LogP contribution >= 0.6 is 11.3 Å². The van der Waals surface area contributed by atoms with Gasteiger partial charge in [-0.15, -0.1) is 11.3 Å². The van der Waals surface area contributed by atoms with E-state index in [1.54, 1.807) is 24.6 Å². The summed E-state index contributed by atoms with van der Waals surface area (Å²) in [5.74, 6) is -0.322. The van der Waals surface area contributed by atoms with Crippen molar-refractivity contribution in [1.82, 2.24) is 4.98 Å². The van der Waals surface area contributed by atoms with Gasteiger partial charge in [-0.05, 0) is 24.6 Å². The Labute approximate surface area is 96.8 Å². The second-order valence-electron chi connectivity index (χ2n) is 3.50. The summed E-state index contributed by atoms with van der Waals surface area (Å²) in [4.78, 5) is 16.5. The molecule has 2 nitrogen and oxygen atoms in total. The van der Waals surface area contributed by atoms with Crippen LogP contribution in [-0.2, 0) is 6.42 Å². The van der Waals surface area contributed by atoms with Crippen LogP contribution in [0.2, 0.25) is 0 Å². The van der Waals surface area contributed by atoms with Gasteiger partial charge in [0.15, 0.2) is 5.78 Å². The monoisotopic (exact) mass is 235 g/mol. The van der Waals surface area contributed by atoms with Crippen molar-refractivity contribution < 1.29 is 9.18 Å². The number of halogens is 1. The van der Waals surface area contributed by atoms with Gasteiger partial charge in [-0.2, -0.15) is 0 Å². The highest BCUT2D eigenvalue weighted by Gasteiger charge is 2.12. The highest BCUT2D eigenvalue weighted by molar-refractivity contribution is 7.11. The van der Waals surface area contributed by atoms with Gasteiger partial charge in [0.25, 0.3) is 0 Å². The zero-order chi connectivity index (χ0) is 11.5. The van der Waals surface area contributed by atoms with E-state index in [1.807, 2.05) is 0 Å². The minimum Gasteiger partial charge on any atom is -0.293 e. The highest BCUT2D eigenvalue weighted by Crippen LogP contribution is 2.16. The van der Waals surface area contributed by atoms with Crippen LogP contribution in [0.1, 0.15) is 20.9 Å². The number of nitrogens with zero attached hydrogens (tertiary/aromatic N) is 1. The van der Waals surface area contributed by atoms with Crippen molar-refractivity contribution in [2.75, 3.05) is 0 Å². The topological polar surface area (TPSA) is 30.0 Å². The van der Waals surface area contributed by atoms with Crippen LogP contribution in [0.4, 0.5) is 4.39 Å². The Kier molecular flexibility index (Phi) is 3.10. The van der Waals surface area contributed by atoms with Gasteiger partial charge in [0, 0.05) is 6.42 Å². The van der Waals surface area contributed by atoms with E-state index in [2.05, 4.69) is 4.98 Å². The molecule has 1 heterocycles. The number of benzene rings is 1. The maximum Gasteiger partial charge on any atom is 0.179 e. The van der Waals surface area contributed by atoms with Gasteiger partial charge < -0.3 is 0 Å². The molecular weight excluding hydrogens is 225 g/mol. The van der Waals surface area contributed by atoms with Gasteiger partial charge in [0.05, 0.1) is 16.1 Å². The third kappa shape index (κ3) is 2.33. The molecule has 82 valence electrons. The van der Waals surface area contributed by atoms with Gasteiger partial charge in [0.2, 0.25) is 0 Å². The lowest BCUT2D eigenvalue weighted by Gasteiger charge is -2.00. The van der Waals surface area contributed by atoms with E-state index in [0.29, 0.717) is 10.4 Å². The fourth-order valence-corrected chi connectivity index (χ4v) is 2.23. The summed E-state index contributed by atoms with van der Waals surface area (Å²) in [6.07, 6.45) is 0.223. The van der Waals surface area contributed by atoms with Gasteiger partial charge in [-0.3, -0.25) is 4.79 Å². The number of ketones is 1. The zero-order valence-corrected chi connectivity index (χ0v) is 9.55. The van der Waals surface area contributed by atoms with Gasteiger partial charge in [-0.1, -0.05) is 12.1 Å². The predicted molar refractivity (Wildman–Crippen MR) is 61.3 cm³/mol. The maximum absolute atomic E-state index is 12.9. The second kappa shape index (κ2) is 4.53. The largest absolute Gasteiger partial charge is 0.293 e. The fourth-order valence-electron chi connectivity index (χ4n) is 1.48. The molecule has 4 heteroatoms. The molecule has 0 aliphatic heterocycles. The minimum atomic E-state index is -0.314. The molecule has 2 rings (SSSR count). The Morgan fingerprint density at radius 2 is 2.31 bits per heavy atom. The molecule has 1 aromatic carbocycles. The van der Waals surface area contributed by atoms with E-state index in [4.69, 9.17) is 0 Å². The Balaban J connectivity index is 2.17. The van der Waals surface area contributed by atoms with Crippen LogP contribution in [0, 0.1) is 12.7 Å². The van der Waals surface area contributed by atoms with E-state index in [0.717, 1.165) is 5.69 Å². The normalized spacial score (nSPS) is 10.4. The number of aromatic nitrogens is 1. The lowest BCUT2D eigenvalue weighted by molar-refractivity contribution is 0.0996. The number of carbonyl (C=O) groups is 1. The van der Waals surface area contributed by atoms with Crippen LogP contribution in [0.5, 0.6) is 0 Å². The first-order chi connectivity index (χ1) is 7.66. The Hall–Kier alpha value is -1.55. The van der Waals surface area contributed by atoms with E-state index >= 15 is 0 Å². The van der Waals surface area contributed by atoms with Gasteiger partial charge >= 0.3 is 0 Å². The van der Waals surface area contributed by atoms with Crippen LogP contribution in [0.15, 0.2) is 29.8 Å². The Bertz CT molecular complexity index is 521. The smallest absolute Gasteiger partial charge is 0.179 e. The molecule has 0 bridgehead atoms. The lowest BCUT2D eigenvalue weighted by Crippen LogP contribution is -2.03. The van der Waals surface area contributed by atoms with Crippen LogP contribution < -0.4 is 0 Å². The number of Topliss-reactive ketones (excluding diaryl/α,β-unsaturated/α-hetero) is 1. The zero-order valence-electron chi connectivity index (χ0n) is 8.74. The number of hydrogen-bond donors (Lipinski definition) is 0. The van der Waals surface area contributed by atoms with Crippen molar-refractivity contribution in [2.24, 2.45) is 0 Å². The molecule has 16 heavy (non-hydrogen) atoms. The summed E-state index contributed by atoms with van der Waals surface area (Å²) in [5.41, 5.74) is 3.08. The number of aryl methyl sites for hydroxylation is 1. The summed E-state index contributed by atoms with van der Waals surface area (Å²) < 4.78 is 12.9. The molecule has 0 N–H and O–H groups in total. The first-order valence-electron chi connectivity index (χ1n) is 4.84. The van der Waals surface area contributed by atoms with Crippen molar-refractivity contribution >= 4 is 17.1 Å². The second-order valence-corrected chi connectivity index (χ2v) is 4.35. The first-order valence-corrected chi connectivity index (χ1v) is 5.72. The van der Waals surface area contributed by atoms with Crippen molar-refractivity contribution in [1.29, 1.82) is 0 Å². The van der Waals surface area contributed by atoms with E-state index in [-0.39, 0.29) is 18.0 Å². The summed E-state index contributed by atoms with van der Waals surface area (Å²) in [5, 5.41) is 0. The van der Waals surface area contributed by atoms with Gasteiger partial charge in [0.1, 0.15) is 5.82 Å². The SMILES string of the molecule is Cc1ncsc1C(=O)Cc1cccc(F)c1. The molecule has 0 spiro atoms. The third-order valence-corrected chi connectivity index (χ3v) is 3.22. The molecule has 0 saturated carbocycles. The summed E-state index contributed by atoms with van der Waals surface area (Å²) >= 11 is 1.33. The molecule has 0 amide bonds. The Morgan fingerprint density at radius 3 is 2.94 bits per heavy atom. The first kappa shape index (κ1) is 11.0. The summed E-state index contributed by atoms with van der Waals surface area (Å²) in [6.45, 7) is 1.80. The number of rotatable bonds is 3. The Morgan fingerprint density at radius 1 is 1.50 bits per heavy atom. The third-order valence-electron chi connectivity index (χ3n) is 2.25. The van der Waals surface area contributed by atoms with Crippen molar-refractivity contribution in [3.8, 4) is 0 Å². The number of hydrogen-bond acceptors (Lipinski definition) is 3. The van der Waals surface area contributed by atoms with E-state index in [9.17, 15) is 9.18 Å². The molecule has 0 aliphatic carbocycles. The van der Waals surface area contributed by atoms with Crippen molar-refractivity contribution in [2.45, 2.75) is 13.3 Å². The molecule has 1 aromatic heterocycles. The predicted octanol–water partition coefficient (Wildman–Crippen LogP) is 3.02. The molecule has 0 aliphatic rings. The fraction of sp³-hybridized carbons (Fsp3) is 0.167. The van der Waals surface area contributed by atoms with E-state index in [1.165, 1.54) is 23.5 Å². The van der Waals surface area contributed by atoms with Crippen molar-refractivity contribution in [3.63, 3.8) is 0 Å². The molecule has 0 atom stereocenters. The van der Waals surface area contributed by atoms with Gasteiger partial charge in [-0.25, -0.2) is 9.37 Å². The standard InChI is InChI=1S/C12H10FNOS/c1-8-12(16-7-14-8)11(15)6-9-3-2-4-10(13)5-9/h2-5,7H,6H2,1H3. The molecule has 0 fully saturated rings. The summed E-state index contributed by atoms with van der Waals surface area (Å²) in [7, 11) is 0. The van der Waals surface area contributed by atoms with Crippen LogP contribution in [-0.4, -0.2) is 10.8 Å². The molecule has 0 unspecified atom stereocenters. The lowest BCUT2D eigenvalue weighted by atomic mass is 10.1.